The van der Waals surface area contributed by atoms with Crippen molar-refractivity contribution in [2.24, 2.45) is 0 Å². The van der Waals surface area contributed by atoms with Crippen molar-refractivity contribution in [1.29, 1.82) is 0 Å². The number of nitrogens with one attached hydrogen (secondary N) is 1. The van der Waals surface area contributed by atoms with Crippen LogP contribution in [0.1, 0.15) is 25.5 Å². The molecular weight excluding hydrogens is 278 g/mol. The number of aliphatic hydroxyl groups is 1. The minimum Gasteiger partial charge on any atom is -0.458 e. The van der Waals surface area contributed by atoms with E-state index in [1.165, 1.54) is 0 Å². The molecule has 0 spiro atoms. The Hall–Kier alpha value is -1.37. The molecule has 0 aliphatic heterocycles. The van der Waals surface area contributed by atoms with Gasteiger partial charge in [-0.1, -0.05) is 18.2 Å². The van der Waals surface area contributed by atoms with Crippen LogP contribution in [0, 0.1) is 0 Å². The van der Waals surface area contributed by atoms with Gasteiger partial charge in [-0.05, 0) is 31.9 Å². The number of rotatable bonds is 5. The SMILES string of the molecule is C[C@@](O)(CNS(=O)(=O)C1CC1)c1cc2ccccc2o1. The highest BCUT2D eigenvalue weighted by Crippen LogP contribution is 2.30. The summed E-state index contributed by atoms with van der Waals surface area (Å²) in [6.07, 6.45) is 1.39. The Labute approximate surface area is 117 Å². The number of para-hydroxylation sites is 1. The fourth-order valence-corrected chi connectivity index (χ4v) is 3.55. The third kappa shape index (κ3) is 2.59. The largest absolute Gasteiger partial charge is 0.458 e. The van der Waals surface area contributed by atoms with Crippen LogP contribution in [-0.2, 0) is 15.6 Å². The lowest BCUT2D eigenvalue weighted by Crippen LogP contribution is -2.39. The first-order valence-corrected chi connectivity index (χ1v) is 8.13. The van der Waals surface area contributed by atoms with Crippen LogP contribution in [0.2, 0.25) is 0 Å². The van der Waals surface area contributed by atoms with E-state index in [9.17, 15) is 13.5 Å². The Morgan fingerprint density at radius 3 is 2.75 bits per heavy atom. The summed E-state index contributed by atoms with van der Waals surface area (Å²) in [5.74, 6) is 0.359. The highest BCUT2D eigenvalue weighted by atomic mass is 32.2. The smallest absolute Gasteiger partial charge is 0.214 e. The highest BCUT2D eigenvalue weighted by molar-refractivity contribution is 7.90. The second-order valence-corrected chi connectivity index (χ2v) is 7.53. The van der Waals surface area contributed by atoms with E-state index in [0.717, 1.165) is 5.39 Å². The van der Waals surface area contributed by atoms with E-state index >= 15 is 0 Å². The molecule has 1 fully saturated rings. The van der Waals surface area contributed by atoms with Crippen LogP contribution in [0.5, 0.6) is 0 Å². The van der Waals surface area contributed by atoms with Gasteiger partial charge in [0.1, 0.15) is 16.9 Å². The number of fused-ring (bicyclic) bond motifs is 1. The minimum absolute atomic E-state index is 0.0916. The number of hydrogen-bond acceptors (Lipinski definition) is 4. The Morgan fingerprint density at radius 1 is 1.40 bits per heavy atom. The van der Waals surface area contributed by atoms with Gasteiger partial charge in [0.2, 0.25) is 10.0 Å². The summed E-state index contributed by atoms with van der Waals surface area (Å²) in [6, 6.07) is 9.16. The Balaban J connectivity index is 1.80. The topological polar surface area (TPSA) is 79.5 Å². The molecule has 20 heavy (non-hydrogen) atoms. The standard InChI is InChI=1S/C14H17NO4S/c1-14(16,9-15-20(17,18)11-6-7-11)13-8-10-4-2-3-5-12(10)19-13/h2-5,8,11,15-16H,6-7,9H2,1H3/t14-/m1/s1. The molecule has 1 aromatic heterocycles. The lowest BCUT2D eigenvalue weighted by atomic mass is 10.0. The van der Waals surface area contributed by atoms with Crippen LogP contribution in [0.25, 0.3) is 11.0 Å². The molecule has 1 heterocycles. The van der Waals surface area contributed by atoms with Gasteiger partial charge in [0.25, 0.3) is 0 Å². The summed E-state index contributed by atoms with van der Waals surface area (Å²) in [5.41, 5.74) is -0.700. The quantitative estimate of drug-likeness (QED) is 0.880. The minimum atomic E-state index is -3.31. The summed E-state index contributed by atoms with van der Waals surface area (Å²) < 4.78 is 31.6. The van der Waals surface area contributed by atoms with Crippen LogP contribution in [0.3, 0.4) is 0 Å². The maximum absolute atomic E-state index is 11.8. The molecule has 0 saturated heterocycles. The molecule has 1 aromatic carbocycles. The second kappa shape index (κ2) is 4.58. The zero-order valence-electron chi connectivity index (χ0n) is 11.2. The van der Waals surface area contributed by atoms with Gasteiger partial charge >= 0.3 is 0 Å². The Bertz CT molecular complexity index is 695. The van der Waals surface area contributed by atoms with Crippen molar-refractivity contribution in [2.75, 3.05) is 6.54 Å². The van der Waals surface area contributed by atoms with E-state index in [0.29, 0.717) is 24.2 Å². The van der Waals surface area contributed by atoms with Crippen molar-refractivity contribution < 1.29 is 17.9 Å². The van der Waals surface area contributed by atoms with Crippen LogP contribution in [0.15, 0.2) is 34.7 Å². The molecule has 1 aliphatic carbocycles. The van der Waals surface area contributed by atoms with Crippen LogP contribution >= 0.6 is 0 Å². The van der Waals surface area contributed by atoms with E-state index in [1.807, 2.05) is 24.3 Å². The van der Waals surface area contributed by atoms with Crippen LogP contribution in [0.4, 0.5) is 0 Å². The molecule has 2 N–H and O–H groups in total. The van der Waals surface area contributed by atoms with Gasteiger partial charge in [0.15, 0.2) is 0 Å². The normalized spacial score (nSPS) is 19.1. The van der Waals surface area contributed by atoms with E-state index in [2.05, 4.69) is 4.72 Å². The molecule has 3 rings (SSSR count). The third-order valence-corrected chi connectivity index (χ3v) is 5.43. The molecule has 1 atom stereocenters. The number of benzene rings is 1. The maximum atomic E-state index is 11.8. The zero-order chi connectivity index (χ0) is 14.4. The first-order chi connectivity index (χ1) is 9.38. The van der Waals surface area contributed by atoms with Gasteiger partial charge in [-0.25, -0.2) is 13.1 Å². The number of furan rings is 1. The zero-order valence-corrected chi connectivity index (χ0v) is 12.0. The molecule has 1 aliphatic rings. The van der Waals surface area contributed by atoms with Gasteiger partial charge < -0.3 is 9.52 Å². The lowest BCUT2D eigenvalue weighted by Gasteiger charge is -2.21. The van der Waals surface area contributed by atoms with Crippen molar-refractivity contribution in [3.05, 3.63) is 36.1 Å². The fourth-order valence-electron chi connectivity index (χ4n) is 2.07. The summed E-state index contributed by atoms with van der Waals surface area (Å²) in [5, 5.41) is 11.0. The average molecular weight is 295 g/mol. The van der Waals surface area contributed by atoms with E-state index in [1.54, 1.807) is 13.0 Å². The average Bonchev–Trinajstić information content (AvgIpc) is 3.16. The summed E-state index contributed by atoms with van der Waals surface area (Å²) in [6.45, 7) is 1.45. The van der Waals surface area contributed by atoms with Gasteiger partial charge in [0.05, 0.1) is 5.25 Å². The summed E-state index contributed by atoms with van der Waals surface area (Å²) >= 11 is 0. The first kappa shape index (κ1) is 13.6. The van der Waals surface area contributed by atoms with Crippen molar-refractivity contribution in [3.8, 4) is 0 Å². The summed E-state index contributed by atoms with van der Waals surface area (Å²) in [7, 11) is -3.31. The lowest BCUT2D eigenvalue weighted by molar-refractivity contribution is 0.0411. The highest BCUT2D eigenvalue weighted by Gasteiger charge is 2.37. The van der Waals surface area contributed by atoms with Crippen molar-refractivity contribution in [3.63, 3.8) is 0 Å². The third-order valence-electron chi connectivity index (χ3n) is 3.54. The molecule has 6 heteroatoms. The summed E-state index contributed by atoms with van der Waals surface area (Å²) in [4.78, 5) is 0. The number of sulfonamides is 1. The fraction of sp³-hybridized carbons (Fsp3) is 0.429. The number of hydrogen-bond donors (Lipinski definition) is 2. The Morgan fingerprint density at radius 2 is 2.10 bits per heavy atom. The molecular formula is C14H17NO4S. The monoisotopic (exact) mass is 295 g/mol. The second-order valence-electron chi connectivity index (χ2n) is 5.49. The van der Waals surface area contributed by atoms with Crippen LogP contribution < -0.4 is 4.72 Å². The molecule has 1 saturated carbocycles. The molecule has 108 valence electrons. The predicted molar refractivity (Wildman–Crippen MR) is 75.7 cm³/mol. The van der Waals surface area contributed by atoms with Crippen molar-refractivity contribution in [1.82, 2.24) is 4.72 Å². The van der Waals surface area contributed by atoms with Crippen molar-refractivity contribution in [2.45, 2.75) is 30.6 Å². The van der Waals surface area contributed by atoms with E-state index < -0.39 is 15.6 Å². The van der Waals surface area contributed by atoms with Gasteiger partial charge in [-0.15, -0.1) is 0 Å². The van der Waals surface area contributed by atoms with E-state index in [-0.39, 0.29) is 11.8 Å². The first-order valence-electron chi connectivity index (χ1n) is 6.58. The molecule has 0 unspecified atom stereocenters. The van der Waals surface area contributed by atoms with Gasteiger partial charge in [-0.3, -0.25) is 0 Å². The van der Waals surface area contributed by atoms with Gasteiger partial charge in [-0.2, -0.15) is 0 Å². The predicted octanol–water partition coefficient (Wildman–Crippen LogP) is 1.72. The van der Waals surface area contributed by atoms with Crippen molar-refractivity contribution >= 4 is 21.0 Å². The molecule has 0 bridgehead atoms. The molecule has 0 radical (unpaired) electrons. The Kier molecular flexibility index (Phi) is 3.12. The van der Waals surface area contributed by atoms with Crippen LogP contribution in [-0.4, -0.2) is 25.3 Å². The molecule has 2 aromatic rings. The van der Waals surface area contributed by atoms with E-state index in [4.69, 9.17) is 4.42 Å². The maximum Gasteiger partial charge on any atom is 0.214 e. The molecule has 0 amide bonds. The van der Waals surface area contributed by atoms with Gasteiger partial charge in [0, 0.05) is 11.9 Å². The molecule has 5 nitrogen and oxygen atoms in total.